The SMILES string of the molecule is Cc1cc(C)cc(C2C(C#N)=C(N)Oc3cc(N(C)C)ccc32)c1. The van der Waals surface area contributed by atoms with Crippen molar-refractivity contribution in [1.82, 2.24) is 0 Å². The van der Waals surface area contributed by atoms with Gasteiger partial charge in [-0.05, 0) is 25.5 Å². The lowest BCUT2D eigenvalue weighted by molar-refractivity contribution is 0.394. The largest absolute Gasteiger partial charge is 0.440 e. The maximum Gasteiger partial charge on any atom is 0.205 e. The molecule has 4 heteroatoms. The summed E-state index contributed by atoms with van der Waals surface area (Å²) in [5, 5.41) is 9.62. The van der Waals surface area contributed by atoms with Gasteiger partial charge in [-0.1, -0.05) is 35.4 Å². The maximum absolute atomic E-state index is 9.62. The zero-order valence-corrected chi connectivity index (χ0v) is 14.4. The first-order valence-corrected chi connectivity index (χ1v) is 7.87. The highest BCUT2D eigenvalue weighted by Gasteiger charge is 2.31. The van der Waals surface area contributed by atoms with Crippen LogP contribution >= 0.6 is 0 Å². The summed E-state index contributed by atoms with van der Waals surface area (Å²) in [6.07, 6.45) is 0. The molecule has 0 radical (unpaired) electrons. The predicted octanol–water partition coefficient (Wildman–Crippen LogP) is 3.59. The molecule has 2 aromatic rings. The number of hydrogen-bond donors (Lipinski definition) is 1. The molecule has 0 bridgehead atoms. The Hall–Kier alpha value is -2.93. The molecule has 0 fully saturated rings. The van der Waals surface area contributed by atoms with Gasteiger partial charge in [0.15, 0.2) is 0 Å². The average Bonchev–Trinajstić information content (AvgIpc) is 2.51. The van der Waals surface area contributed by atoms with Crippen LogP contribution in [0, 0.1) is 25.2 Å². The first-order valence-electron chi connectivity index (χ1n) is 7.87. The Balaban J connectivity index is 2.22. The van der Waals surface area contributed by atoms with Gasteiger partial charge in [0.1, 0.15) is 17.4 Å². The Kier molecular flexibility index (Phi) is 3.94. The highest BCUT2D eigenvalue weighted by molar-refractivity contribution is 5.61. The molecule has 4 nitrogen and oxygen atoms in total. The predicted molar refractivity (Wildman–Crippen MR) is 96.0 cm³/mol. The third kappa shape index (κ3) is 2.69. The molecule has 2 N–H and O–H groups in total. The van der Waals surface area contributed by atoms with Crippen molar-refractivity contribution in [3.05, 3.63) is 70.1 Å². The average molecular weight is 319 g/mol. The van der Waals surface area contributed by atoms with Gasteiger partial charge in [-0.15, -0.1) is 0 Å². The molecule has 0 saturated carbocycles. The molecule has 3 rings (SSSR count). The van der Waals surface area contributed by atoms with E-state index in [9.17, 15) is 5.26 Å². The van der Waals surface area contributed by atoms with Crippen molar-refractivity contribution in [3.63, 3.8) is 0 Å². The molecule has 24 heavy (non-hydrogen) atoms. The number of fused-ring (bicyclic) bond motifs is 1. The molecule has 0 aliphatic carbocycles. The molecule has 2 aromatic carbocycles. The van der Waals surface area contributed by atoms with E-state index in [1.165, 1.54) is 11.1 Å². The molecule has 0 spiro atoms. The fourth-order valence-corrected chi connectivity index (χ4v) is 3.24. The summed E-state index contributed by atoms with van der Waals surface area (Å²) in [4.78, 5) is 2.01. The Morgan fingerprint density at radius 1 is 1.08 bits per heavy atom. The van der Waals surface area contributed by atoms with E-state index in [-0.39, 0.29) is 11.8 Å². The van der Waals surface area contributed by atoms with E-state index in [1.54, 1.807) is 0 Å². The number of benzene rings is 2. The zero-order chi connectivity index (χ0) is 17.4. The molecule has 0 saturated heterocycles. The normalized spacial score (nSPS) is 16.2. The van der Waals surface area contributed by atoms with E-state index < -0.39 is 0 Å². The lowest BCUT2D eigenvalue weighted by Crippen LogP contribution is -2.21. The van der Waals surface area contributed by atoms with E-state index in [1.807, 2.05) is 37.2 Å². The molecule has 1 unspecified atom stereocenters. The third-order valence-corrected chi connectivity index (χ3v) is 4.30. The summed E-state index contributed by atoms with van der Waals surface area (Å²) in [6.45, 7) is 4.12. The highest BCUT2D eigenvalue weighted by Crippen LogP contribution is 2.43. The van der Waals surface area contributed by atoms with E-state index in [0.717, 1.165) is 16.8 Å². The van der Waals surface area contributed by atoms with Gasteiger partial charge in [-0.25, -0.2) is 0 Å². The van der Waals surface area contributed by atoms with Crippen LogP contribution in [0.3, 0.4) is 0 Å². The summed E-state index contributed by atoms with van der Waals surface area (Å²) in [7, 11) is 3.96. The van der Waals surface area contributed by atoms with Crippen LogP contribution < -0.4 is 15.4 Å². The standard InChI is InChI=1S/C20H21N3O/c1-12-7-13(2)9-14(8-12)19-16-6-5-15(23(3)4)10-18(16)24-20(22)17(19)11-21/h5-10,19H,22H2,1-4H3. The summed E-state index contributed by atoms with van der Waals surface area (Å²) in [6, 6.07) is 14.6. The van der Waals surface area contributed by atoms with Crippen molar-refractivity contribution < 1.29 is 4.74 Å². The number of rotatable bonds is 2. The minimum absolute atomic E-state index is 0.185. The fraction of sp³-hybridized carbons (Fsp3) is 0.250. The van der Waals surface area contributed by atoms with Gasteiger partial charge in [-0.3, -0.25) is 0 Å². The number of aryl methyl sites for hydroxylation is 2. The molecular weight excluding hydrogens is 298 g/mol. The van der Waals surface area contributed by atoms with Crippen molar-refractivity contribution in [2.45, 2.75) is 19.8 Å². The Morgan fingerprint density at radius 3 is 2.33 bits per heavy atom. The van der Waals surface area contributed by atoms with Crippen LogP contribution in [0.4, 0.5) is 5.69 Å². The molecular formula is C20H21N3O. The summed E-state index contributed by atoms with van der Waals surface area (Å²) in [5.74, 6) is 0.695. The van der Waals surface area contributed by atoms with Crippen molar-refractivity contribution in [2.75, 3.05) is 19.0 Å². The van der Waals surface area contributed by atoms with Gasteiger partial charge >= 0.3 is 0 Å². The Labute approximate surface area is 142 Å². The second-order valence-corrected chi connectivity index (χ2v) is 6.46. The number of allylic oxidation sites excluding steroid dienone is 1. The summed E-state index contributed by atoms with van der Waals surface area (Å²) < 4.78 is 5.75. The molecule has 1 aliphatic heterocycles. The second kappa shape index (κ2) is 5.93. The van der Waals surface area contributed by atoms with E-state index in [2.05, 4.69) is 38.1 Å². The quantitative estimate of drug-likeness (QED) is 0.919. The van der Waals surface area contributed by atoms with Gasteiger partial charge in [0.25, 0.3) is 0 Å². The Bertz CT molecular complexity index is 855. The molecule has 1 aliphatic rings. The summed E-state index contributed by atoms with van der Waals surface area (Å²) in [5.41, 5.74) is 11.9. The highest BCUT2D eigenvalue weighted by atomic mass is 16.5. The number of nitriles is 1. The number of nitrogens with two attached hydrogens (primary N) is 1. The van der Waals surface area contributed by atoms with Crippen LogP contribution in [0.2, 0.25) is 0 Å². The number of anilines is 1. The van der Waals surface area contributed by atoms with Crippen molar-refractivity contribution in [3.8, 4) is 11.8 Å². The van der Waals surface area contributed by atoms with Crippen molar-refractivity contribution >= 4 is 5.69 Å². The van der Waals surface area contributed by atoms with Gasteiger partial charge in [0, 0.05) is 31.4 Å². The fourth-order valence-electron chi connectivity index (χ4n) is 3.24. The third-order valence-electron chi connectivity index (χ3n) is 4.30. The number of ether oxygens (including phenoxy) is 1. The summed E-state index contributed by atoms with van der Waals surface area (Å²) >= 11 is 0. The molecule has 0 aromatic heterocycles. The smallest absolute Gasteiger partial charge is 0.205 e. The molecule has 1 heterocycles. The monoisotopic (exact) mass is 319 g/mol. The van der Waals surface area contributed by atoms with Crippen LogP contribution in [0.15, 0.2) is 47.9 Å². The van der Waals surface area contributed by atoms with Crippen molar-refractivity contribution in [1.29, 1.82) is 5.26 Å². The van der Waals surface area contributed by atoms with E-state index in [4.69, 9.17) is 10.5 Å². The number of hydrogen-bond acceptors (Lipinski definition) is 4. The van der Waals surface area contributed by atoms with Gasteiger partial charge in [0.05, 0.1) is 5.92 Å². The van der Waals surface area contributed by atoms with Gasteiger partial charge < -0.3 is 15.4 Å². The van der Waals surface area contributed by atoms with Crippen LogP contribution in [0.1, 0.15) is 28.2 Å². The van der Waals surface area contributed by atoms with Gasteiger partial charge in [-0.2, -0.15) is 5.26 Å². The first kappa shape index (κ1) is 15.9. The van der Waals surface area contributed by atoms with Crippen LogP contribution in [-0.2, 0) is 0 Å². The van der Waals surface area contributed by atoms with Crippen LogP contribution in [0.5, 0.6) is 5.75 Å². The first-order chi connectivity index (χ1) is 11.4. The minimum atomic E-state index is -0.200. The lowest BCUT2D eigenvalue weighted by atomic mass is 9.82. The second-order valence-electron chi connectivity index (χ2n) is 6.46. The van der Waals surface area contributed by atoms with E-state index >= 15 is 0 Å². The van der Waals surface area contributed by atoms with Crippen LogP contribution in [0.25, 0.3) is 0 Å². The van der Waals surface area contributed by atoms with Gasteiger partial charge in [0.2, 0.25) is 5.88 Å². The van der Waals surface area contributed by atoms with Crippen molar-refractivity contribution in [2.24, 2.45) is 5.73 Å². The molecule has 1 atom stereocenters. The molecule has 0 amide bonds. The number of nitrogens with zero attached hydrogens (tertiary/aromatic N) is 2. The minimum Gasteiger partial charge on any atom is -0.440 e. The lowest BCUT2D eigenvalue weighted by Gasteiger charge is -2.28. The van der Waals surface area contributed by atoms with E-state index in [0.29, 0.717) is 11.3 Å². The molecule has 122 valence electrons. The zero-order valence-electron chi connectivity index (χ0n) is 14.4. The Morgan fingerprint density at radius 2 is 1.75 bits per heavy atom. The topological polar surface area (TPSA) is 62.3 Å². The van der Waals surface area contributed by atoms with Crippen LogP contribution in [-0.4, -0.2) is 14.1 Å². The maximum atomic E-state index is 9.62.